The van der Waals surface area contributed by atoms with Gasteiger partial charge in [-0.25, -0.2) is 0 Å². The number of hydrogen-bond acceptors (Lipinski definition) is 3. The molecular formula is C13H9ClN2O. The van der Waals surface area contributed by atoms with Crippen molar-refractivity contribution in [3.8, 4) is 11.3 Å². The Hall–Kier alpha value is -2.00. The Morgan fingerprint density at radius 1 is 1.12 bits per heavy atom. The van der Waals surface area contributed by atoms with Gasteiger partial charge in [-0.2, -0.15) is 0 Å². The molecule has 84 valence electrons. The molecule has 0 aliphatic heterocycles. The van der Waals surface area contributed by atoms with Gasteiger partial charge in [-0.3, -0.25) is 0 Å². The Morgan fingerprint density at radius 3 is 2.76 bits per heavy atom. The second-order valence-corrected chi connectivity index (χ2v) is 4.18. The van der Waals surface area contributed by atoms with E-state index in [9.17, 15) is 0 Å². The van der Waals surface area contributed by atoms with Crippen LogP contribution in [0.1, 0.15) is 0 Å². The molecule has 0 saturated carbocycles. The number of halogens is 1. The predicted octanol–water partition coefficient (Wildman–Crippen LogP) is 3.73. The molecule has 0 saturated heterocycles. The number of benzene rings is 2. The molecule has 0 fully saturated rings. The highest BCUT2D eigenvalue weighted by Gasteiger charge is 2.12. The Balaban J connectivity index is 2.29. The van der Waals surface area contributed by atoms with Crippen LogP contribution < -0.4 is 5.73 Å². The van der Waals surface area contributed by atoms with Crippen molar-refractivity contribution in [2.75, 3.05) is 5.73 Å². The van der Waals surface area contributed by atoms with Crippen molar-refractivity contribution in [3.63, 3.8) is 0 Å². The van der Waals surface area contributed by atoms with Crippen molar-refractivity contribution >= 4 is 28.2 Å². The minimum Gasteiger partial charge on any atom is -0.399 e. The molecule has 3 rings (SSSR count). The van der Waals surface area contributed by atoms with Gasteiger partial charge in [-0.1, -0.05) is 28.9 Å². The van der Waals surface area contributed by atoms with E-state index in [1.165, 1.54) is 0 Å². The van der Waals surface area contributed by atoms with Gasteiger partial charge >= 0.3 is 0 Å². The van der Waals surface area contributed by atoms with Gasteiger partial charge in [0.2, 0.25) is 0 Å². The van der Waals surface area contributed by atoms with Gasteiger partial charge < -0.3 is 10.3 Å². The highest BCUT2D eigenvalue weighted by atomic mass is 35.5. The molecule has 0 aliphatic rings. The Bertz CT molecular complexity index is 691. The first-order valence-electron chi connectivity index (χ1n) is 5.15. The van der Waals surface area contributed by atoms with E-state index < -0.39 is 0 Å². The van der Waals surface area contributed by atoms with Gasteiger partial charge in [0.15, 0.2) is 5.76 Å². The fraction of sp³-hybridized carbons (Fsp3) is 0. The van der Waals surface area contributed by atoms with Crippen molar-refractivity contribution in [1.82, 2.24) is 5.16 Å². The zero-order valence-corrected chi connectivity index (χ0v) is 9.61. The van der Waals surface area contributed by atoms with Gasteiger partial charge in [-0.05, 0) is 30.3 Å². The minimum atomic E-state index is 0.641. The summed E-state index contributed by atoms with van der Waals surface area (Å²) in [6.07, 6.45) is 0. The summed E-state index contributed by atoms with van der Waals surface area (Å²) in [5, 5.41) is 5.53. The van der Waals surface area contributed by atoms with Crippen molar-refractivity contribution in [3.05, 3.63) is 47.5 Å². The van der Waals surface area contributed by atoms with Crippen LogP contribution in [0, 0.1) is 0 Å². The van der Waals surface area contributed by atoms with Crippen LogP contribution in [0.4, 0.5) is 5.69 Å². The molecule has 1 aromatic heterocycles. The predicted molar refractivity (Wildman–Crippen MR) is 68.9 cm³/mol. The first-order chi connectivity index (χ1) is 8.25. The molecule has 0 bridgehead atoms. The fourth-order valence-electron chi connectivity index (χ4n) is 1.80. The summed E-state index contributed by atoms with van der Waals surface area (Å²) in [5.74, 6) is 0.672. The number of fused-ring (bicyclic) bond motifs is 1. The maximum atomic E-state index is 6.13. The van der Waals surface area contributed by atoms with Crippen LogP contribution >= 0.6 is 11.6 Å². The van der Waals surface area contributed by atoms with E-state index in [1.54, 1.807) is 6.07 Å². The van der Waals surface area contributed by atoms with Crippen LogP contribution in [0.3, 0.4) is 0 Å². The van der Waals surface area contributed by atoms with Gasteiger partial charge in [-0.15, -0.1) is 0 Å². The van der Waals surface area contributed by atoms with Crippen LogP contribution in [-0.4, -0.2) is 5.16 Å². The second kappa shape index (κ2) is 3.79. The lowest BCUT2D eigenvalue weighted by Crippen LogP contribution is -1.83. The third-order valence-corrected chi connectivity index (χ3v) is 2.95. The Kier molecular flexibility index (Phi) is 2.27. The molecule has 0 aliphatic carbocycles. The summed E-state index contributed by atoms with van der Waals surface area (Å²) in [5.41, 5.74) is 7.93. The molecule has 0 unspecified atom stereocenters. The monoisotopic (exact) mass is 244 g/mol. The second-order valence-electron chi connectivity index (χ2n) is 3.77. The molecule has 2 N–H and O–H groups in total. The number of nitrogens with zero attached hydrogens (tertiary/aromatic N) is 1. The number of nitrogen functional groups attached to an aromatic ring is 1. The maximum absolute atomic E-state index is 6.13. The van der Waals surface area contributed by atoms with E-state index in [4.69, 9.17) is 21.9 Å². The molecule has 0 amide bonds. The van der Waals surface area contributed by atoms with Crippen LogP contribution in [0.15, 0.2) is 47.0 Å². The normalized spacial score (nSPS) is 10.9. The summed E-state index contributed by atoms with van der Waals surface area (Å²) >= 11 is 6.13. The van der Waals surface area contributed by atoms with Crippen LogP contribution in [0.2, 0.25) is 5.02 Å². The maximum Gasteiger partial charge on any atom is 0.176 e. The van der Waals surface area contributed by atoms with E-state index in [2.05, 4.69) is 5.16 Å². The third-order valence-electron chi connectivity index (χ3n) is 2.62. The Morgan fingerprint density at radius 2 is 1.94 bits per heavy atom. The zero-order valence-electron chi connectivity index (χ0n) is 8.85. The average Bonchev–Trinajstić information content (AvgIpc) is 2.72. The number of hydrogen-bond donors (Lipinski definition) is 1. The number of aromatic nitrogens is 1. The zero-order chi connectivity index (χ0) is 11.8. The van der Waals surface area contributed by atoms with Gasteiger partial charge in [0.1, 0.15) is 5.52 Å². The van der Waals surface area contributed by atoms with E-state index in [0.717, 1.165) is 16.5 Å². The lowest BCUT2D eigenvalue weighted by Gasteiger charge is -1.99. The molecule has 0 radical (unpaired) electrons. The molecular weight excluding hydrogens is 236 g/mol. The van der Waals surface area contributed by atoms with Crippen molar-refractivity contribution in [2.24, 2.45) is 0 Å². The molecule has 2 aromatic carbocycles. The minimum absolute atomic E-state index is 0.641. The highest BCUT2D eigenvalue weighted by Crippen LogP contribution is 2.33. The highest BCUT2D eigenvalue weighted by molar-refractivity contribution is 6.33. The lowest BCUT2D eigenvalue weighted by atomic mass is 10.1. The average molecular weight is 245 g/mol. The van der Waals surface area contributed by atoms with E-state index in [0.29, 0.717) is 16.5 Å². The fourth-order valence-corrected chi connectivity index (χ4v) is 2.02. The molecule has 3 nitrogen and oxygen atoms in total. The summed E-state index contributed by atoms with van der Waals surface area (Å²) in [7, 11) is 0. The van der Waals surface area contributed by atoms with Gasteiger partial charge in [0, 0.05) is 16.6 Å². The molecule has 0 atom stereocenters. The third kappa shape index (κ3) is 1.65. The largest absolute Gasteiger partial charge is 0.399 e. The van der Waals surface area contributed by atoms with E-state index >= 15 is 0 Å². The Labute approximate surface area is 103 Å². The van der Waals surface area contributed by atoms with Crippen LogP contribution in [-0.2, 0) is 0 Å². The molecule has 0 spiro atoms. The van der Waals surface area contributed by atoms with Crippen LogP contribution in [0.25, 0.3) is 22.2 Å². The SMILES string of the molecule is Nc1ccc2c(-c3ccccc3Cl)onc2c1. The summed E-state index contributed by atoms with van der Waals surface area (Å²) in [6, 6.07) is 13.0. The number of anilines is 1. The molecule has 4 heteroatoms. The first-order valence-corrected chi connectivity index (χ1v) is 5.53. The van der Waals surface area contributed by atoms with Gasteiger partial charge in [0.05, 0.1) is 5.02 Å². The summed E-state index contributed by atoms with van der Waals surface area (Å²) in [6.45, 7) is 0. The number of rotatable bonds is 1. The molecule has 17 heavy (non-hydrogen) atoms. The van der Waals surface area contributed by atoms with Crippen LogP contribution in [0.5, 0.6) is 0 Å². The molecule has 3 aromatic rings. The van der Waals surface area contributed by atoms with E-state index in [-0.39, 0.29) is 0 Å². The van der Waals surface area contributed by atoms with Crippen molar-refractivity contribution in [2.45, 2.75) is 0 Å². The summed E-state index contributed by atoms with van der Waals surface area (Å²) in [4.78, 5) is 0. The van der Waals surface area contributed by atoms with Gasteiger partial charge in [0.25, 0.3) is 0 Å². The first kappa shape index (κ1) is 10.2. The standard InChI is InChI=1S/C13H9ClN2O/c14-11-4-2-1-3-9(11)13-10-6-5-8(15)7-12(10)16-17-13/h1-7H,15H2. The van der Waals surface area contributed by atoms with Crippen molar-refractivity contribution < 1.29 is 4.52 Å². The lowest BCUT2D eigenvalue weighted by molar-refractivity contribution is 0.441. The smallest absolute Gasteiger partial charge is 0.176 e. The molecule has 1 heterocycles. The summed E-state index contributed by atoms with van der Waals surface area (Å²) < 4.78 is 5.35. The number of nitrogens with two attached hydrogens (primary N) is 1. The topological polar surface area (TPSA) is 52.0 Å². The van der Waals surface area contributed by atoms with Crippen molar-refractivity contribution in [1.29, 1.82) is 0 Å². The van der Waals surface area contributed by atoms with E-state index in [1.807, 2.05) is 36.4 Å². The quantitative estimate of drug-likeness (QED) is 0.664.